The van der Waals surface area contributed by atoms with Gasteiger partial charge in [0.1, 0.15) is 5.75 Å². The van der Waals surface area contributed by atoms with E-state index in [1.165, 1.54) is 16.3 Å². The molecule has 2 heteroatoms. The van der Waals surface area contributed by atoms with Gasteiger partial charge in [-0.15, -0.1) is 11.6 Å². The molecule has 0 bridgehead atoms. The number of halogens is 1. The smallest absolute Gasteiger partial charge is 0.123 e. The second kappa shape index (κ2) is 5.92. The van der Waals surface area contributed by atoms with Crippen molar-refractivity contribution in [2.45, 2.75) is 19.8 Å². The Balaban J connectivity index is 2.49. The molecule has 0 aliphatic rings. The molecule has 0 aromatic heterocycles. The van der Waals surface area contributed by atoms with Gasteiger partial charge in [0, 0.05) is 11.4 Å². The molecule has 0 aliphatic carbocycles. The summed E-state index contributed by atoms with van der Waals surface area (Å²) in [4.78, 5) is 0. The van der Waals surface area contributed by atoms with Crippen LogP contribution in [0.5, 0.6) is 5.75 Å². The first-order valence-corrected chi connectivity index (χ1v) is 6.59. The van der Waals surface area contributed by atoms with Crippen LogP contribution in [0.2, 0.25) is 0 Å². The average molecular weight is 249 g/mol. The third-order valence-electron chi connectivity index (χ3n) is 2.86. The molecule has 0 saturated heterocycles. The lowest BCUT2D eigenvalue weighted by molar-refractivity contribution is 0.337. The highest BCUT2D eigenvalue weighted by molar-refractivity contribution is 6.17. The van der Waals surface area contributed by atoms with E-state index in [4.69, 9.17) is 16.3 Å². The van der Waals surface area contributed by atoms with Crippen molar-refractivity contribution in [2.75, 3.05) is 12.5 Å². The van der Waals surface area contributed by atoms with Crippen molar-refractivity contribution >= 4 is 22.4 Å². The van der Waals surface area contributed by atoms with Crippen molar-refractivity contribution in [1.82, 2.24) is 0 Å². The van der Waals surface area contributed by atoms with Gasteiger partial charge in [-0.1, -0.05) is 30.3 Å². The molecule has 2 aromatic carbocycles. The van der Waals surface area contributed by atoms with Crippen LogP contribution in [0.15, 0.2) is 36.4 Å². The van der Waals surface area contributed by atoms with Gasteiger partial charge in [-0.3, -0.25) is 0 Å². The molecule has 0 amide bonds. The van der Waals surface area contributed by atoms with Gasteiger partial charge >= 0.3 is 0 Å². The van der Waals surface area contributed by atoms with Crippen molar-refractivity contribution < 1.29 is 4.74 Å². The molecule has 90 valence electrons. The van der Waals surface area contributed by atoms with Crippen LogP contribution in [0.4, 0.5) is 0 Å². The highest BCUT2D eigenvalue weighted by atomic mass is 35.5. The number of rotatable bonds is 5. The van der Waals surface area contributed by atoms with E-state index in [0.29, 0.717) is 12.5 Å². The zero-order chi connectivity index (χ0) is 12.1. The summed E-state index contributed by atoms with van der Waals surface area (Å²) in [6.07, 6.45) is 1.95. The van der Waals surface area contributed by atoms with Crippen molar-refractivity contribution in [3.63, 3.8) is 0 Å². The van der Waals surface area contributed by atoms with E-state index in [9.17, 15) is 0 Å². The molecule has 0 fully saturated rings. The Morgan fingerprint density at radius 2 is 1.94 bits per heavy atom. The molecular weight excluding hydrogens is 232 g/mol. The molecule has 0 radical (unpaired) electrons. The number of benzene rings is 2. The summed E-state index contributed by atoms with van der Waals surface area (Å²) in [5, 5.41) is 2.55. The molecule has 0 N–H and O–H groups in total. The summed E-state index contributed by atoms with van der Waals surface area (Å²) in [6.45, 7) is 2.72. The third-order valence-corrected chi connectivity index (χ3v) is 3.13. The lowest BCUT2D eigenvalue weighted by atomic mass is 10.00. The minimum atomic E-state index is 0.689. The Morgan fingerprint density at radius 1 is 1.12 bits per heavy atom. The van der Waals surface area contributed by atoms with Gasteiger partial charge in [0.05, 0.1) is 6.61 Å². The van der Waals surface area contributed by atoms with Gasteiger partial charge in [-0.2, -0.15) is 0 Å². The third kappa shape index (κ3) is 2.73. The van der Waals surface area contributed by atoms with Crippen molar-refractivity contribution in [3.05, 3.63) is 42.0 Å². The van der Waals surface area contributed by atoms with Crippen LogP contribution in [0.25, 0.3) is 10.8 Å². The van der Waals surface area contributed by atoms with Gasteiger partial charge in [0.2, 0.25) is 0 Å². The van der Waals surface area contributed by atoms with Crippen LogP contribution in [-0.4, -0.2) is 12.5 Å². The first-order valence-electron chi connectivity index (χ1n) is 6.06. The Kier molecular flexibility index (Phi) is 4.27. The van der Waals surface area contributed by atoms with Gasteiger partial charge < -0.3 is 4.74 Å². The maximum atomic E-state index is 5.79. The highest BCUT2D eigenvalue weighted by Crippen LogP contribution is 2.29. The number of aryl methyl sites for hydroxylation is 1. The Bertz CT molecular complexity index is 493. The van der Waals surface area contributed by atoms with Crippen LogP contribution >= 0.6 is 11.6 Å². The van der Waals surface area contributed by atoms with E-state index in [2.05, 4.69) is 36.4 Å². The molecule has 2 aromatic rings. The largest absolute Gasteiger partial charge is 0.494 e. The first-order chi connectivity index (χ1) is 8.36. The predicted molar refractivity (Wildman–Crippen MR) is 74.2 cm³/mol. The number of hydrogen-bond donors (Lipinski definition) is 0. The van der Waals surface area contributed by atoms with Gasteiger partial charge in [-0.25, -0.2) is 0 Å². The summed E-state index contributed by atoms with van der Waals surface area (Å²) < 4.78 is 5.70. The number of alkyl halides is 1. The fraction of sp³-hybridized carbons (Fsp3) is 0.333. The predicted octanol–water partition coefficient (Wildman–Crippen LogP) is 4.41. The number of ether oxygens (including phenoxy) is 1. The van der Waals surface area contributed by atoms with Gasteiger partial charge in [0.25, 0.3) is 0 Å². The second-order valence-electron chi connectivity index (χ2n) is 3.99. The number of hydrogen-bond acceptors (Lipinski definition) is 1. The summed E-state index contributed by atoms with van der Waals surface area (Å²) in [5.74, 6) is 1.69. The summed E-state index contributed by atoms with van der Waals surface area (Å²) in [5.41, 5.74) is 1.28. The standard InChI is InChI=1S/C15H17ClO/c1-2-17-15-10-9-12-6-3-4-7-13(12)14(15)8-5-11-16/h3-4,6-7,9-10H,2,5,8,11H2,1H3. The van der Waals surface area contributed by atoms with Crippen molar-refractivity contribution in [3.8, 4) is 5.75 Å². The second-order valence-corrected chi connectivity index (χ2v) is 4.37. The topological polar surface area (TPSA) is 9.23 Å². The van der Waals surface area contributed by atoms with Crippen molar-refractivity contribution in [2.24, 2.45) is 0 Å². The normalized spacial score (nSPS) is 10.7. The molecule has 0 saturated carbocycles. The molecule has 2 rings (SSSR count). The molecular formula is C15H17ClO. The minimum Gasteiger partial charge on any atom is -0.494 e. The molecule has 0 unspecified atom stereocenters. The molecule has 17 heavy (non-hydrogen) atoms. The Morgan fingerprint density at radius 3 is 2.71 bits per heavy atom. The van der Waals surface area contributed by atoms with Crippen LogP contribution < -0.4 is 4.74 Å². The Hall–Kier alpha value is -1.21. The fourth-order valence-corrected chi connectivity index (χ4v) is 2.24. The summed E-state index contributed by atoms with van der Waals surface area (Å²) >= 11 is 5.79. The van der Waals surface area contributed by atoms with E-state index < -0.39 is 0 Å². The van der Waals surface area contributed by atoms with Crippen LogP contribution in [0.1, 0.15) is 18.9 Å². The summed E-state index contributed by atoms with van der Waals surface area (Å²) in [7, 11) is 0. The minimum absolute atomic E-state index is 0.689. The van der Waals surface area contributed by atoms with E-state index >= 15 is 0 Å². The van der Waals surface area contributed by atoms with Gasteiger partial charge in [0.15, 0.2) is 0 Å². The highest BCUT2D eigenvalue weighted by Gasteiger charge is 2.07. The SMILES string of the molecule is CCOc1ccc2ccccc2c1CCCCl. The zero-order valence-electron chi connectivity index (χ0n) is 10.1. The number of fused-ring (bicyclic) bond motifs is 1. The molecule has 0 spiro atoms. The van der Waals surface area contributed by atoms with Crippen LogP contribution in [0.3, 0.4) is 0 Å². The van der Waals surface area contributed by atoms with E-state index in [0.717, 1.165) is 18.6 Å². The van der Waals surface area contributed by atoms with E-state index in [-0.39, 0.29) is 0 Å². The first kappa shape index (κ1) is 12.3. The maximum Gasteiger partial charge on any atom is 0.123 e. The Labute approximate surface area is 107 Å². The van der Waals surface area contributed by atoms with Crippen LogP contribution in [-0.2, 0) is 6.42 Å². The molecule has 0 aliphatic heterocycles. The van der Waals surface area contributed by atoms with Crippen molar-refractivity contribution in [1.29, 1.82) is 0 Å². The zero-order valence-corrected chi connectivity index (χ0v) is 10.8. The van der Waals surface area contributed by atoms with E-state index in [1.807, 2.05) is 6.92 Å². The lowest BCUT2D eigenvalue weighted by Crippen LogP contribution is -1.98. The quantitative estimate of drug-likeness (QED) is 0.713. The van der Waals surface area contributed by atoms with E-state index in [1.54, 1.807) is 0 Å². The van der Waals surface area contributed by atoms with Crippen LogP contribution in [0, 0.1) is 0 Å². The molecule has 1 nitrogen and oxygen atoms in total. The van der Waals surface area contributed by atoms with Gasteiger partial charge in [-0.05, 0) is 36.6 Å². The average Bonchev–Trinajstić information content (AvgIpc) is 2.37. The molecule has 0 atom stereocenters. The maximum absolute atomic E-state index is 5.79. The molecule has 0 heterocycles. The lowest BCUT2D eigenvalue weighted by Gasteiger charge is -2.12. The monoisotopic (exact) mass is 248 g/mol. The summed E-state index contributed by atoms with van der Waals surface area (Å²) in [6, 6.07) is 12.6. The fourth-order valence-electron chi connectivity index (χ4n) is 2.11.